The number of hydrogen-bond acceptors (Lipinski definition) is 18. The van der Waals surface area contributed by atoms with Gasteiger partial charge in [0.05, 0.1) is 75.7 Å². The number of halogens is 6. The van der Waals surface area contributed by atoms with Crippen LogP contribution in [0, 0.1) is 35.5 Å². The molecule has 6 aliphatic heterocycles. The van der Waals surface area contributed by atoms with E-state index in [4.69, 9.17) is 30.3 Å². The maximum atomic E-state index is 12.0. The van der Waals surface area contributed by atoms with Crippen LogP contribution in [-0.4, -0.2) is 274 Å². The number of esters is 1. The minimum Gasteiger partial charge on any atom is -1.00 e. The lowest BCUT2D eigenvalue weighted by molar-refractivity contribution is -0.232. The molecule has 4 atom stereocenters. The molecule has 7 aliphatic rings. The maximum absolute atomic E-state index is 12.0. The van der Waals surface area contributed by atoms with Crippen LogP contribution in [0.5, 0.6) is 0 Å². The standard InChI is InChI=1S/C13H20NO7.5C7H9NO2.6HI/c1-14-4-2-3-6(5-14)13(20)21-12-10(18)8(16)7(15)9(17)11(12)19;5*1-8-4-2-3-6(5-8)7(9)10;;;;;;/h2-3,7-12,15-19H,4-5H2,1H3;5*2-3H,4-5H2,1H3;6*1H/q+1;;;;;;;;;;;/p-1. The summed E-state index contributed by atoms with van der Waals surface area (Å²) in [5.41, 5.74) is 0. The first-order chi connectivity index (χ1) is 33.3. The molecular formula is C48H70I6N6O17. The molecule has 0 bridgehead atoms. The molecule has 1 fully saturated rings. The quantitative estimate of drug-likeness (QED) is 0.0643. The highest BCUT2D eigenvalue weighted by atomic mass is 127. The number of carboxylic acid groups (broad SMARTS) is 5. The van der Waals surface area contributed by atoms with Crippen LogP contribution in [0.15, 0.2) is 72.9 Å². The number of carbonyl (C=O) groups is 6. The molecule has 77 heavy (non-hydrogen) atoms. The van der Waals surface area contributed by atoms with Gasteiger partial charge in [-0.2, -0.15) is 0 Å². The van der Waals surface area contributed by atoms with Crippen LogP contribution in [0.2, 0.25) is 0 Å². The number of carbonyl (C=O) groups excluding carboxylic acids is 1. The molecule has 4 unspecified atom stereocenters. The second-order valence-corrected chi connectivity index (χ2v) is 17.6. The van der Waals surface area contributed by atoms with Crippen molar-refractivity contribution in [2.45, 2.75) is 36.6 Å². The third-order valence-electron chi connectivity index (χ3n) is 11.0. The van der Waals surface area contributed by atoms with E-state index in [1.54, 1.807) is 42.5 Å². The highest BCUT2D eigenvalue weighted by Gasteiger charge is 2.51. The van der Waals surface area contributed by atoms with Gasteiger partial charge in [-0.1, -0.05) is 0 Å². The Kier molecular flexibility index (Phi) is 48.2. The van der Waals surface area contributed by atoms with Crippen LogP contribution in [0.1, 0.15) is 0 Å². The molecule has 23 nitrogen and oxygen atoms in total. The number of aliphatic hydroxyl groups excluding tert-OH is 5. The summed E-state index contributed by atoms with van der Waals surface area (Å²) in [5.74, 6) is -2.17. The third kappa shape index (κ3) is 32.0. The van der Waals surface area contributed by atoms with Gasteiger partial charge in [0.1, 0.15) is 106 Å². The van der Waals surface area contributed by atoms with Gasteiger partial charge in [0.2, 0.25) is 0 Å². The lowest BCUT2D eigenvalue weighted by Crippen LogP contribution is -3.00. The van der Waals surface area contributed by atoms with Crippen LogP contribution >= 0.6 is 0 Å². The Bertz CT molecular complexity index is 1710. The summed E-state index contributed by atoms with van der Waals surface area (Å²) in [6.45, 7) is 8.00. The third-order valence-corrected chi connectivity index (χ3v) is 11.0. The van der Waals surface area contributed by atoms with Gasteiger partial charge in [-0.05, 0) is 42.3 Å². The molecule has 0 aromatic rings. The number of ether oxygens (including phenoxy) is 1. The van der Waals surface area contributed by atoms with Crippen molar-refractivity contribution in [1.82, 2.24) is 29.4 Å². The van der Waals surface area contributed by atoms with E-state index in [0.717, 1.165) is 32.7 Å². The normalized spacial score (nSPS) is 23.9. The zero-order valence-corrected chi connectivity index (χ0v) is 56.1. The van der Waals surface area contributed by atoms with Crippen molar-refractivity contribution in [2.24, 2.45) is 0 Å². The molecular weight excluding hydrogens is 1690 g/mol. The van der Waals surface area contributed by atoms with E-state index in [2.05, 4.69) is 0 Å². The second-order valence-electron chi connectivity index (χ2n) is 17.6. The number of aliphatic carboxylic acids is 5. The predicted molar refractivity (Wildman–Crippen MR) is 257 cm³/mol. The number of hydrogen-bond donors (Lipinski definition) is 10. The molecule has 0 saturated heterocycles. The fourth-order valence-electron chi connectivity index (χ4n) is 7.06. The Morgan fingerprint density at radius 3 is 0.675 bits per heavy atom. The van der Waals surface area contributed by atoms with Crippen LogP contribution < -0.4 is 144 Å². The predicted octanol–water partition coefficient (Wildman–Crippen LogP) is -20.4. The second kappa shape index (κ2) is 44.1. The molecule has 7 rings (SSSR count). The fraction of sp³-hybridized carbons (Fsp3) is 0.500. The summed E-state index contributed by atoms with van der Waals surface area (Å²) >= 11 is 0. The van der Waals surface area contributed by atoms with E-state index in [0.29, 0.717) is 81.3 Å². The zero-order valence-electron chi connectivity index (χ0n) is 43.2. The van der Waals surface area contributed by atoms with Crippen molar-refractivity contribution in [3.63, 3.8) is 0 Å². The molecule has 29 heteroatoms. The van der Waals surface area contributed by atoms with E-state index < -0.39 is 72.4 Å². The summed E-state index contributed by atoms with van der Waals surface area (Å²) in [5, 5.41) is 90.9. The van der Waals surface area contributed by atoms with E-state index in [-0.39, 0.29) is 144 Å². The van der Waals surface area contributed by atoms with Gasteiger partial charge in [-0.3, -0.25) is 29.4 Å². The summed E-state index contributed by atoms with van der Waals surface area (Å²) in [7, 11) is 11.3. The van der Waals surface area contributed by atoms with Crippen LogP contribution in [-0.2, 0) is 33.5 Å². The van der Waals surface area contributed by atoms with Gasteiger partial charge < -0.3 is 200 Å². The first-order valence-electron chi connectivity index (χ1n) is 22.4. The minimum atomic E-state index is -1.71. The molecule has 0 radical (unpaired) electrons. The molecule has 0 amide bonds. The number of carboxylic acids is 5. The molecule has 1 aliphatic carbocycles. The highest BCUT2D eigenvalue weighted by molar-refractivity contribution is 5.89. The Balaban J connectivity index is -0.000000273. The number of rotatable bonds is 7. The van der Waals surface area contributed by atoms with Crippen LogP contribution in [0.3, 0.4) is 0 Å². The fourth-order valence-corrected chi connectivity index (χ4v) is 7.06. The molecule has 436 valence electrons. The summed E-state index contributed by atoms with van der Waals surface area (Å²) in [6, 6.07) is 0. The smallest absolute Gasteiger partial charge is 0.420 e. The van der Waals surface area contributed by atoms with Crippen molar-refractivity contribution in [3.05, 3.63) is 108 Å². The lowest BCUT2D eigenvalue weighted by Gasteiger charge is -2.40. The van der Waals surface area contributed by atoms with Gasteiger partial charge in [0.15, 0.2) is 41.6 Å². The molecule has 0 aromatic carbocycles. The number of nitrogens with zero attached hydrogens (tertiary/aromatic N) is 6. The van der Waals surface area contributed by atoms with E-state index in [9.17, 15) is 54.3 Å². The number of likely N-dealkylation sites (N-methyl/N-ethyl adjacent to an activating group) is 6. The molecule has 0 spiro atoms. The lowest BCUT2D eigenvalue weighted by atomic mass is 9.85. The van der Waals surface area contributed by atoms with Crippen LogP contribution in [0.4, 0.5) is 0 Å². The first kappa shape index (κ1) is 84.2. The SMILES string of the molecule is CN1CC=C[C+](C(=O)O)C1.CN1CC=C[C+](C(=O)O)C1.CN1CC=C[C+](C(=O)O)C1.CN1CC=C[C+](C(=O)O)C1.CN1CC=C[C+](C(=O)O)C1.CN1CC=C[C+](C(=O)OC2C(O)C(O)C(O)C(O)C2O)C1.[I-].[I-].[I-].[I-].[I-].[I-]. The van der Waals surface area contributed by atoms with E-state index in [1.165, 1.54) is 0 Å². The molecule has 1 saturated carbocycles. The van der Waals surface area contributed by atoms with Gasteiger partial charge >= 0.3 is 35.8 Å². The van der Waals surface area contributed by atoms with Crippen molar-refractivity contribution in [1.29, 1.82) is 0 Å². The van der Waals surface area contributed by atoms with Crippen LogP contribution in [0.25, 0.3) is 0 Å². The maximum Gasteiger partial charge on any atom is 0.420 e. The summed E-state index contributed by atoms with van der Waals surface area (Å²) in [4.78, 5) is 75.5. The van der Waals surface area contributed by atoms with Crippen molar-refractivity contribution >= 4 is 35.8 Å². The number of aliphatic hydroxyl groups is 5. The monoisotopic (exact) mass is 1760 g/mol. The zero-order chi connectivity index (χ0) is 53.5. The van der Waals surface area contributed by atoms with Gasteiger partial charge in [-0.25, -0.2) is 28.8 Å². The van der Waals surface area contributed by atoms with Gasteiger partial charge in [0.25, 0.3) is 0 Å². The van der Waals surface area contributed by atoms with Gasteiger partial charge in [0, 0.05) is 0 Å². The van der Waals surface area contributed by atoms with E-state index in [1.807, 2.05) is 102 Å². The Labute approximate surface area is 553 Å². The Morgan fingerprint density at radius 1 is 0.338 bits per heavy atom. The average Bonchev–Trinajstić information content (AvgIpc) is 3.32. The minimum absolute atomic E-state index is 0. The molecule has 0 aromatic heterocycles. The van der Waals surface area contributed by atoms with Gasteiger partial charge in [-0.15, -0.1) is 0 Å². The summed E-state index contributed by atoms with van der Waals surface area (Å²) in [6.07, 6.45) is 10.9. The largest absolute Gasteiger partial charge is 1.00 e. The first-order valence-corrected chi connectivity index (χ1v) is 22.4. The Morgan fingerprint density at radius 2 is 0.506 bits per heavy atom. The topological polar surface area (TPSA) is 333 Å². The highest BCUT2D eigenvalue weighted by Crippen LogP contribution is 2.26. The van der Waals surface area contributed by atoms with E-state index >= 15 is 0 Å². The van der Waals surface area contributed by atoms with Crippen molar-refractivity contribution < 1.29 is 228 Å². The van der Waals surface area contributed by atoms with Crippen molar-refractivity contribution in [3.8, 4) is 0 Å². The summed E-state index contributed by atoms with van der Waals surface area (Å²) < 4.78 is 5.01. The molecule has 6 heterocycles. The molecule has 10 N–H and O–H groups in total. The van der Waals surface area contributed by atoms with Crippen molar-refractivity contribution in [2.75, 3.05) is 121 Å². The average molecular weight is 1760 g/mol. The Hall–Kier alpha value is -1.58.